The second-order valence-corrected chi connectivity index (χ2v) is 11.1. The summed E-state index contributed by atoms with van der Waals surface area (Å²) in [6.45, 7) is 0.911. The van der Waals surface area contributed by atoms with Crippen molar-refractivity contribution in [2.45, 2.75) is 4.90 Å². The van der Waals surface area contributed by atoms with Crippen molar-refractivity contribution in [3.8, 4) is 17.1 Å². The zero-order valence-corrected chi connectivity index (χ0v) is 22.4. The van der Waals surface area contributed by atoms with Crippen LogP contribution in [-0.2, 0) is 14.8 Å². The third-order valence-electron chi connectivity index (χ3n) is 6.58. The quantitative estimate of drug-likeness (QED) is 0.161. The standard InChI is InChI=1S/C28H24N6O6S/c35-34(36)25-17-23(41(37,38)32-12-14-39-15-13-32)10-11-24(25)30-29-18-21-19-33(22-7-2-1-3-8-22)31-28(21)27-16-20-6-4-5-9-26(20)40-27/h1-11,16-19,30H,12-15H2/b29-18-. The Morgan fingerprint density at radius 3 is 2.51 bits per heavy atom. The highest BCUT2D eigenvalue weighted by molar-refractivity contribution is 7.89. The summed E-state index contributed by atoms with van der Waals surface area (Å²) in [4.78, 5) is 11.0. The van der Waals surface area contributed by atoms with E-state index in [0.717, 1.165) is 17.1 Å². The smallest absolute Gasteiger partial charge is 0.295 e. The van der Waals surface area contributed by atoms with E-state index in [-0.39, 0.29) is 36.9 Å². The molecular weight excluding hydrogens is 548 g/mol. The number of nitrogens with one attached hydrogen (secondary N) is 1. The van der Waals surface area contributed by atoms with Crippen molar-refractivity contribution in [3.63, 3.8) is 0 Å². The number of aromatic nitrogens is 2. The Bertz CT molecular complexity index is 1830. The van der Waals surface area contributed by atoms with Crippen LogP contribution in [-0.4, -0.2) is 59.9 Å². The van der Waals surface area contributed by atoms with Gasteiger partial charge in [-0.2, -0.15) is 14.5 Å². The third kappa shape index (κ3) is 5.33. The molecule has 0 unspecified atom stereocenters. The van der Waals surface area contributed by atoms with Crippen LogP contribution in [0.15, 0.2) is 99.5 Å². The van der Waals surface area contributed by atoms with E-state index in [1.165, 1.54) is 22.7 Å². The lowest BCUT2D eigenvalue weighted by molar-refractivity contribution is -0.384. The molecule has 1 aliphatic rings. The number of hydrogen-bond acceptors (Lipinski definition) is 9. The fourth-order valence-corrected chi connectivity index (χ4v) is 5.94. The highest BCUT2D eigenvalue weighted by Crippen LogP contribution is 2.31. The number of sulfonamides is 1. The number of hydrogen-bond donors (Lipinski definition) is 1. The summed E-state index contributed by atoms with van der Waals surface area (Å²) in [5, 5.41) is 21.7. The van der Waals surface area contributed by atoms with Crippen molar-refractivity contribution in [1.82, 2.24) is 14.1 Å². The zero-order chi connectivity index (χ0) is 28.4. The van der Waals surface area contributed by atoms with Gasteiger partial charge in [-0.25, -0.2) is 13.1 Å². The molecule has 2 aromatic heterocycles. The number of anilines is 1. The van der Waals surface area contributed by atoms with Crippen molar-refractivity contribution < 1.29 is 22.5 Å². The molecule has 0 saturated carbocycles. The number of benzene rings is 3. The molecule has 13 heteroatoms. The Morgan fingerprint density at radius 1 is 1.00 bits per heavy atom. The van der Waals surface area contributed by atoms with E-state index in [9.17, 15) is 18.5 Å². The zero-order valence-electron chi connectivity index (χ0n) is 21.6. The Hall–Kier alpha value is -4.85. The van der Waals surface area contributed by atoms with Gasteiger partial charge in [0.2, 0.25) is 10.0 Å². The van der Waals surface area contributed by atoms with Crippen LogP contribution >= 0.6 is 0 Å². The minimum atomic E-state index is -3.91. The van der Waals surface area contributed by atoms with Crippen LogP contribution in [0.25, 0.3) is 28.1 Å². The molecule has 208 valence electrons. The molecule has 12 nitrogen and oxygen atoms in total. The third-order valence-corrected chi connectivity index (χ3v) is 8.48. The SMILES string of the molecule is O=[N+]([O-])c1cc(S(=O)(=O)N2CCOCC2)ccc1N/N=C\c1cn(-c2ccccc2)nc1-c1cc2ccccc2o1. The van der Waals surface area contributed by atoms with E-state index in [1.54, 1.807) is 10.9 Å². The second-order valence-electron chi connectivity index (χ2n) is 9.18. The van der Waals surface area contributed by atoms with Gasteiger partial charge in [0, 0.05) is 36.3 Å². The van der Waals surface area contributed by atoms with Gasteiger partial charge in [0.15, 0.2) is 5.76 Å². The average molecular weight is 573 g/mol. The maximum absolute atomic E-state index is 13.0. The molecule has 0 atom stereocenters. The van der Waals surface area contributed by atoms with Crippen molar-refractivity contribution in [1.29, 1.82) is 0 Å². The molecule has 3 aromatic carbocycles. The topological polar surface area (TPSA) is 145 Å². The van der Waals surface area contributed by atoms with Gasteiger partial charge in [0.1, 0.15) is 17.0 Å². The first-order valence-corrected chi connectivity index (χ1v) is 14.1. The first kappa shape index (κ1) is 26.4. The number of hydrazone groups is 1. The van der Waals surface area contributed by atoms with E-state index < -0.39 is 20.6 Å². The van der Waals surface area contributed by atoms with E-state index in [2.05, 4.69) is 10.5 Å². The molecule has 1 N–H and O–H groups in total. The van der Waals surface area contributed by atoms with Crippen molar-refractivity contribution >= 4 is 38.6 Å². The lowest BCUT2D eigenvalue weighted by Crippen LogP contribution is -2.40. The van der Waals surface area contributed by atoms with Crippen molar-refractivity contribution in [3.05, 3.63) is 101 Å². The number of rotatable bonds is 8. The number of furan rings is 1. The first-order valence-electron chi connectivity index (χ1n) is 12.7. The van der Waals surface area contributed by atoms with Crippen LogP contribution in [0.5, 0.6) is 0 Å². The maximum atomic E-state index is 13.0. The fourth-order valence-electron chi connectivity index (χ4n) is 4.51. The Kier molecular flexibility index (Phi) is 7.05. The molecule has 1 fully saturated rings. The van der Waals surface area contributed by atoms with Crippen LogP contribution < -0.4 is 5.43 Å². The van der Waals surface area contributed by atoms with Crippen molar-refractivity contribution in [2.24, 2.45) is 5.10 Å². The van der Waals surface area contributed by atoms with Gasteiger partial charge in [-0.1, -0.05) is 36.4 Å². The van der Waals surface area contributed by atoms with Gasteiger partial charge >= 0.3 is 0 Å². The monoisotopic (exact) mass is 572 g/mol. The van der Waals surface area contributed by atoms with Gasteiger partial charge in [-0.15, -0.1) is 0 Å². The summed E-state index contributed by atoms with van der Waals surface area (Å²) in [6.07, 6.45) is 3.26. The normalized spacial score (nSPS) is 14.5. The Labute approximate surface area is 234 Å². The number of para-hydroxylation sites is 2. The molecule has 6 rings (SSSR count). The largest absolute Gasteiger partial charge is 0.454 e. The van der Waals surface area contributed by atoms with E-state index in [4.69, 9.17) is 14.3 Å². The number of nitro benzene ring substituents is 1. The molecule has 0 aliphatic carbocycles. The number of morpholine rings is 1. The minimum absolute atomic E-state index is 0.0351. The maximum Gasteiger partial charge on any atom is 0.295 e. The molecule has 1 saturated heterocycles. The number of fused-ring (bicyclic) bond motifs is 1. The molecule has 41 heavy (non-hydrogen) atoms. The van der Waals surface area contributed by atoms with Crippen LogP contribution in [0, 0.1) is 10.1 Å². The highest BCUT2D eigenvalue weighted by atomic mass is 32.2. The minimum Gasteiger partial charge on any atom is -0.454 e. The summed E-state index contributed by atoms with van der Waals surface area (Å²) in [5.41, 5.74) is 4.95. The van der Waals surface area contributed by atoms with Crippen molar-refractivity contribution in [2.75, 3.05) is 31.7 Å². The lowest BCUT2D eigenvalue weighted by Gasteiger charge is -2.26. The summed E-state index contributed by atoms with van der Waals surface area (Å²) in [7, 11) is -3.91. The van der Waals surface area contributed by atoms with Gasteiger partial charge in [-0.05, 0) is 36.4 Å². The predicted octanol–water partition coefficient (Wildman–Crippen LogP) is 4.66. The van der Waals surface area contributed by atoms with Gasteiger partial charge in [0.25, 0.3) is 5.69 Å². The van der Waals surface area contributed by atoms with Crippen LogP contribution in [0.4, 0.5) is 11.4 Å². The Balaban J connectivity index is 1.32. The molecule has 0 amide bonds. The van der Waals surface area contributed by atoms with Gasteiger partial charge < -0.3 is 9.15 Å². The molecule has 3 heterocycles. The Morgan fingerprint density at radius 2 is 1.76 bits per heavy atom. The van der Waals surface area contributed by atoms with Crippen LogP contribution in [0.3, 0.4) is 0 Å². The molecule has 0 bridgehead atoms. The first-order chi connectivity index (χ1) is 19.9. The fraction of sp³-hybridized carbons (Fsp3) is 0.143. The summed E-state index contributed by atoms with van der Waals surface area (Å²) < 4.78 is 40.2. The van der Waals surface area contributed by atoms with E-state index in [0.29, 0.717) is 22.6 Å². The van der Waals surface area contributed by atoms with Crippen LogP contribution in [0.2, 0.25) is 0 Å². The number of nitro groups is 1. The number of ether oxygens (including phenoxy) is 1. The molecule has 1 aliphatic heterocycles. The van der Waals surface area contributed by atoms with E-state index >= 15 is 0 Å². The lowest BCUT2D eigenvalue weighted by atomic mass is 10.2. The second kappa shape index (κ2) is 11.0. The highest BCUT2D eigenvalue weighted by Gasteiger charge is 2.29. The van der Waals surface area contributed by atoms with Gasteiger partial charge in [0.05, 0.1) is 34.9 Å². The summed E-state index contributed by atoms with van der Waals surface area (Å²) >= 11 is 0. The molecule has 0 spiro atoms. The molecule has 5 aromatic rings. The summed E-state index contributed by atoms with van der Waals surface area (Å²) in [5.74, 6) is 0.533. The number of nitrogens with zero attached hydrogens (tertiary/aromatic N) is 5. The molecule has 0 radical (unpaired) electrons. The van der Waals surface area contributed by atoms with Gasteiger partial charge in [-0.3, -0.25) is 15.5 Å². The predicted molar refractivity (Wildman–Crippen MR) is 153 cm³/mol. The molecular formula is C28H24N6O6S. The van der Waals surface area contributed by atoms with Crippen LogP contribution in [0.1, 0.15) is 5.56 Å². The van der Waals surface area contributed by atoms with E-state index in [1.807, 2.05) is 60.7 Å². The average Bonchev–Trinajstić information content (AvgIpc) is 3.62. The summed E-state index contributed by atoms with van der Waals surface area (Å²) in [6, 6.07) is 22.7.